The highest BCUT2D eigenvalue weighted by molar-refractivity contribution is 7.89. The average molecular weight is 390 g/mol. The summed E-state index contributed by atoms with van der Waals surface area (Å²) in [6, 6.07) is 14.2. The third kappa shape index (κ3) is 4.54. The number of nitrogens with zero attached hydrogens (tertiary/aromatic N) is 1. The molecule has 144 valence electrons. The Kier molecular flexibility index (Phi) is 5.92. The van der Waals surface area contributed by atoms with Crippen LogP contribution in [0.1, 0.15) is 31.4 Å². The summed E-state index contributed by atoms with van der Waals surface area (Å²) in [7, 11) is -3.74. The van der Waals surface area contributed by atoms with Crippen LogP contribution in [0.25, 0.3) is 0 Å². The lowest BCUT2D eigenvalue weighted by Gasteiger charge is -2.32. The lowest BCUT2D eigenvalue weighted by molar-refractivity contribution is -0.126. The molecule has 7 heteroatoms. The predicted molar refractivity (Wildman–Crippen MR) is 101 cm³/mol. The second kappa shape index (κ2) is 8.19. The van der Waals surface area contributed by atoms with Crippen molar-refractivity contribution in [2.45, 2.75) is 30.7 Å². The molecule has 1 aliphatic heterocycles. The van der Waals surface area contributed by atoms with Crippen LogP contribution >= 0.6 is 0 Å². The van der Waals surface area contributed by atoms with Crippen molar-refractivity contribution < 1.29 is 17.6 Å². The number of nitrogens with one attached hydrogen (secondary N) is 1. The van der Waals surface area contributed by atoms with Crippen LogP contribution in [0.15, 0.2) is 59.5 Å². The SMILES string of the molecule is C[C@@H](NC(=O)C1CCCN(S(=O)(=O)c2ccc(F)cc2)C1)c1ccccc1. The van der Waals surface area contributed by atoms with Crippen LogP contribution in [-0.2, 0) is 14.8 Å². The largest absolute Gasteiger partial charge is 0.349 e. The van der Waals surface area contributed by atoms with Gasteiger partial charge in [0.05, 0.1) is 16.9 Å². The van der Waals surface area contributed by atoms with Gasteiger partial charge in [0.1, 0.15) is 5.82 Å². The Labute approximate surface area is 159 Å². The summed E-state index contributed by atoms with van der Waals surface area (Å²) in [5.74, 6) is -1.04. The van der Waals surface area contributed by atoms with E-state index < -0.39 is 21.8 Å². The number of halogens is 1. The summed E-state index contributed by atoms with van der Waals surface area (Å²) in [6.07, 6.45) is 1.25. The van der Waals surface area contributed by atoms with Crippen LogP contribution in [0.4, 0.5) is 4.39 Å². The van der Waals surface area contributed by atoms with Crippen molar-refractivity contribution in [2.24, 2.45) is 5.92 Å². The highest BCUT2D eigenvalue weighted by Crippen LogP contribution is 2.25. The molecule has 0 bridgehead atoms. The van der Waals surface area contributed by atoms with E-state index in [2.05, 4.69) is 5.32 Å². The van der Waals surface area contributed by atoms with Crippen LogP contribution in [0, 0.1) is 11.7 Å². The molecule has 0 saturated carbocycles. The molecular weight excluding hydrogens is 367 g/mol. The minimum atomic E-state index is -3.74. The number of benzene rings is 2. The van der Waals surface area contributed by atoms with E-state index in [1.54, 1.807) is 0 Å². The van der Waals surface area contributed by atoms with Gasteiger partial charge in [-0.05, 0) is 49.6 Å². The molecule has 1 heterocycles. The zero-order valence-electron chi connectivity index (χ0n) is 15.1. The Morgan fingerprint density at radius 2 is 1.81 bits per heavy atom. The van der Waals surface area contributed by atoms with E-state index in [0.29, 0.717) is 19.4 Å². The number of carbonyl (C=O) groups excluding carboxylic acids is 1. The number of amides is 1. The quantitative estimate of drug-likeness (QED) is 0.853. The van der Waals surface area contributed by atoms with E-state index in [9.17, 15) is 17.6 Å². The number of sulfonamides is 1. The van der Waals surface area contributed by atoms with Gasteiger partial charge in [0, 0.05) is 13.1 Å². The van der Waals surface area contributed by atoms with Crippen molar-refractivity contribution in [1.29, 1.82) is 0 Å². The molecular formula is C20H23FN2O3S. The molecule has 1 N–H and O–H groups in total. The van der Waals surface area contributed by atoms with Gasteiger partial charge in [-0.15, -0.1) is 0 Å². The summed E-state index contributed by atoms with van der Waals surface area (Å²) in [4.78, 5) is 12.7. The van der Waals surface area contributed by atoms with Crippen molar-refractivity contribution in [1.82, 2.24) is 9.62 Å². The monoisotopic (exact) mass is 390 g/mol. The fraction of sp³-hybridized carbons (Fsp3) is 0.350. The van der Waals surface area contributed by atoms with Crippen LogP contribution in [0.5, 0.6) is 0 Å². The zero-order chi connectivity index (χ0) is 19.4. The molecule has 1 aliphatic rings. The van der Waals surface area contributed by atoms with Gasteiger partial charge in [0.25, 0.3) is 0 Å². The van der Waals surface area contributed by atoms with E-state index in [1.807, 2.05) is 37.3 Å². The van der Waals surface area contributed by atoms with Gasteiger partial charge in [-0.1, -0.05) is 30.3 Å². The summed E-state index contributed by atoms with van der Waals surface area (Å²) in [5.41, 5.74) is 0.998. The second-order valence-electron chi connectivity index (χ2n) is 6.80. The molecule has 5 nitrogen and oxygen atoms in total. The van der Waals surface area contributed by atoms with Crippen molar-refractivity contribution >= 4 is 15.9 Å². The molecule has 3 rings (SSSR count). The molecule has 0 aromatic heterocycles. The molecule has 0 aliphatic carbocycles. The first-order valence-electron chi connectivity index (χ1n) is 8.99. The molecule has 27 heavy (non-hydrogen) atoms. The molecule has 2 aromatic rings. The maximum absolute atomic E-state index is 13.1. The lowest BCUT2D eigenvalue weighted by atomic mass is 9.98. The van der Waals surface area contributed by atoms with E-state index >= 15 is 0 Å². The summed E-state index contributed by atoms with van der Waals surface area (Å²) >= 11 is 0. The molecule has 0 spiro atoms. The van der Waals surface area contributed by atoms with Gasteiger partial charge in [-0.25, -0.2) is 12.8 Å². The van der Waals surface area contributed by atoms with Crippen LogP contribution in [-0.4, -0.2) is 31.7 Å². The van der Waals surface area contributed by atoms with Gasteiger partial charge in [0.2, 0.25) is 15.9 Å². The van der Waals surface area contributed by atoms with Crippen LogP contribution in [0.3, 0.4) is 0 Å². The fourth-order valence-electron chi connectivity index (χ4n) is 3.29. The second-order valence-corrected chi connectivity index (χ2v) is 8.74. The van der Waals surface area contributed by atoms with Crippen molar-refractivity contribution in [2.75, 3.05) is 13.1 Å². The first-order chi connectivity index (χ1) is 12.9. The fourth-order valence-corrected chi connectivity index (χ4v) is 4.81. The Morgan fingerprint density at radius 3 is 2.48 bits per heavy atom. The lowest BCUT2D eigenvalue weighted by Crippen LogP contribution is -2.45. The zero-order valence-corrected chi connectivity index (χ0v) is 16.0. The standard InChI is InChI=1S/C20H23FN2O3S/c1-15(16-6-3-2-4-7-16)22-20(24)17-8-5-13-23(14-17)27(25,26)19-11-9-18(21)10-12-19/h2-4,6-7,9-12,15,17H,5,8,13-14H2,1H3,(H,22,24)/t15-,17?/m1/s1. The van der Waals surface area contributed by atoms with Gasteiger partial charge in [0.15, 0.2) is 0 Å². The molecule has 2 atom stereocenters. The Morgan fingerprint density at radius 1 is 1.15 bits per heavy atom. The number of hydrogen-bond donors (Lipinski definition) is 1. The summed E-state index contributed by atoms with van der Waals surface area (Å²) in [6.45, 7) is 2.40. The Balaban J connectivity index is 1.68. The molecule has 1 amide bonds. The molecule has 0 radical (unpaired) electrons. The molecule has 1 saturated heterocycles. The van der Waals surface area contributed by atoms with Gasteiger partial charge in [-0.3, -0.25) is 4.79 Å². The number of hydrogen-bond acceptors (Lipinski definition) is 3. The Bertz CT molecular complexity index is 885. The Hall–Kier alpha value is -2.25. The minimum Gasteiger partial charge on any atom is -0.349 e. The normalized spacial score (nSPS) is 19.4. The van der Waals surface area contributed by atoms with Crippen molar-refractivity contribution in [3.63, 3.8) is 0 Å². The van der Waals surface area contributed by atoms with Gasteiger partial charge >= 0.3 is 0 Å². The minimum absolute atomic E-state index is 0.0441. The topological polar surface area (TPSA) is 66.5 Å². The third-order valence-electron chi connectivity index (χ3n) is 4.86. The number of carbonyl (C=O) groups is 1. The maximum atomic E-state index is 13.1. The van der Waals surface area contributed by atoms with E-state index in [0.717, 1.165) is 17.7 Å². The van der Waals surface area contributed by atoms with E-state index in [-0.39, 0.29) is 23.4 Å². The number of rotatable bonds is 5. The third-order valence-corrected chi connectivity index (χ3v) is 6.74. The van der Waals surface area contributed by atoms with Gasteiger partial charge < -0.3 is 5.32 Å². The summed E-state index contributed by atoms with van der Waals surface area (Å²) in [5, 5.41) is 2.98. The average Bonchev–Trinajstić information content (AvgIpc) is 2.69. The molecule has 1 fully saturated rings. The van der Waals surface area contributed by atoms with E-state index in [4.69, 9.17) is 0 Å². The summed E-state index contributed by atoms with van der Waals surface area (Å²) < 4.78 is 40.0. The first-order valence-corrected chi connectivity index (χ1v) is 10.4. The smallest absolute Gasteiger partial charge is 0.243 e. The van der Waals surface area contributed by atoms with Crippen molar-refractivity contribution in [3.05, 3.63) is 66.0 Å². The highest BCUT2D eigenvalue weighted by atomic mass is 32.2. The van der Waals surface area contributed by atoms with E-state index in [1.165, 1.54) is 16.4 Å². The van der Waals surface area contributed by atoms with Crippen LogP contribution in [0.2, 0.25) is 0 Å². The number of piperidine rings is 1. The van der Waals surface area contributed by atoms with Gasteiger partial charge in [-0.2, -0.15) is 4.31 Å². The van der Waals surface area contributed by atoms with Crippen molar-refractivity contribution in [3.8, 4) is 0 Å². The molecule has 2 aromatic carbocycles. The van der Waals surface area contributed by atoms with Crippen LogP contribution < -0.4 is 5.32 Å². The molecule has 1 unspecified atom stereocenters. The first kappa shape index (κ1) is 19.5. The highest BCUT2D eigenvalue weighted by Gasteiger charge is 2.33. The maximum Gasteiger partial charge on any atom is 0.243 e. The predicted octanol–water partition coefficient (Wildman–Crippen LogP) is 3.10.